The molecule has 0 unspecified atom stereocenters. The van der Waals surface area contributed by atoms with Gasteiger partial charge in [0.25, 0.3) is 11.6 Å². The van der Waals surface area contributed by atoms with Gasteiger partial charge < -0.3 is 10.3 Å². The Morgan fingerprint density at radius 2 is 2.08 bits per heavy atom. The van der Waals surface area contributed by atoms with Crippen molar-refractivity contribution in [1.82, 2.24) is 10.3 Å². The molecule has 0 bridgehead atoms. The highest BCUT2D eigenvalue weighted by molar-refractivity contribution is 7.98. The number of nitro groups is 1. The van der Waals surface area contributed by atoms with Crippen LogP contribution in [-0.4, -0.2) is 28.1 Å². The van der Waals surface area contributed by atoms with Gasteiger partial charge in [-0.2, -0.15) is 11.8 Å². The van der Waals surface area contributed by atoms with Gasteiger partial charge in [-0.1, -0.05) is 18.2 Å². The maximum absolute atomic E-state index is 13.5. The fourth-order valence-electron chi connectivity index (χ4n) is 2.54. The summed E-state index contributed by atoms with van der Waals surface area (Å²) >= 11 is 1.52. The van der Waals surface area contributed by atoms with Gasteiger partial charge in [0.05, 0.1) is 10.5 Å². The Morgan fingerprint density at radius 1 is 1.27 bits per heavy atom. The number of carbonyl (C=O) groups is 1. The number of nitrogens with zero attached hydrogens (tertiary/aromatic N) is 1. The van der Waals surface area contributed by atoms with Gasteiger partial charge >= 0.3 is 0 Å². The Balaban J connectivity index is 1.55. The number of H-pyrrole nitrogens is 1. The number of carbonyl (C=O) groups excluding carboxylic acids is 1. The van der Waals surface area contributed by atoms with Gasteiger partial charge in [-0.3, -0.25) is 14.9 Å². The zero-order valence-electron chi connectivity index (χ0n) is 13.7. The number of amides is 1. The fraction of sp³-hybridized carbons (Fsp3) is 0.167. The highest BCUT2D eigenvalue weighted by Crippen LogP contribution is 2.23. The second-order valence-corrected chi connectivity index (χ2v) is 6.69. The van der Waals surface area contributed by atoms with Crippen LogP contribution in [-0.2, 0) is 5.75 Å². The van der Waals surface area contributed by atoms with E-state index in [9.17, 15) is 19.3 Å². The topological polar surface area (TPSA) is 88.0 Å². The Morgan fingerprint density at radius 3 is 2.85 bits per heavy atom. The number of aromatic amines is 1. The van der Waals surface area contributed by atoms with Gasteiger partial charge in [-0.25, -0.2) is 4.39 Å². The van der Waals surface area contributed by atoms with Gasteiger partial charge in [-0.15, -0.1) is 0 Å². The van der Waals surface area contributed by atoms with Crippen LogP contribution in [0.25, 0.3) is 10.9 Å². The first-order chi connectivity index (χ1) is 12.6. The maximum Gasteiger partial charge on any atom is 0.270 e. The van der Waals surface area contributed by atoms with E-state index in [4.69, 9.17) is 0 Å². The molecule has 1 heterocycles. The van der Waals surface area contributed by atoms with Crippen molar-refractivity contribution in [1.29, 1.82) is 0 Å². The molecule has 2 N–H and O–H groups in total. The van der Waals surface area contributed by atoms with E-state index in [1.165, 1.54) is 36.2 Å². The SMILES string of the molecule is O=C(NCCSCc1ccccc1F)c1c[nH]c2ccc([N+](=O)[O-])cc12. The van der Waals surface area contributed by atoms with Crippen molar-refractivity contribution in [3.63, 3.8) is 0 Å². The molecule has 2 aromatic carbocycles. The van der Waals surface area contributed by atoms with Gasteiger partial charge in [-0.05, 0) is 17.7 Å². The summed E-state index contributed by atoms with van der Waals surface area (Å²) in [6.07, 6.45) is 1.54. The van der Waals surface area contributed by atoms with Crippen LogP contribution in [0.2, 0.25) is 0 Å². The molecule has 1 amide bonds. The number of non-ortho nitro benzene ring substituents is 1. The molecule has 1 aromatic heterocycles. The van der Waals surface area contributed by atoms with E-state index in [1.807, 2.05) is 0 Å². The van der Waals surface area contributed by atoms with Crippen LogP contribution in [0, 0.1) is 15.9 Å². The minimum atomic E-state index is -0.493. The van der Waals surface area contributed by atoms with E-state index in [2.05, 4.69) is 10.3 Å². The summed E-state index contributed by atoms with van der Waals surface area (Å²) in [6.45, 7) is 0.416. The summed E-state index contributed by atoms with van der Waals surface area (Å²) in [4.78, 5) is 25.7. The van der Waals surface area contributed by atoms with Crippen molar-refractivity contribution < 1.29 is 14.1 Å². The van der Waals surface area contributed by atoms with Gasteiger partial charge in [0.1, 0.15) is 5.82 Å². The van der Waals surface area contributed by atoms with E-state index in [-0.39, 0.29) is 17.4 Å². The van der Waals surface area contributed by atoms with Crippen LogP contribution in [0.3, 0.4) is 0 Å². The first-order valence-corrected chi connectivity index (χ1v) is 9.06. The monoisotopic (exact) mass is 373 g/mol. The molecule has 26 heavy (non-hydrogen) atoms. The van der Waals surface area contributed by atoms with E-state index < -0.39 is 4.92 Å². The molecule has 6 nitrogen and oxygen atoms in total. The standard InChI is InChI=1S/C18H16FN3O3S/c19-16-4-2-1-3-12(16)11-26-8-7-20-18(23)15-10-21-17-6-5-13(22(24)25)9-14(15)17/h1-6,9-10,21H,7-8,11H2,(H,20,23). The van der Waals surface area contributed by atoms with Crippen molar-refractivity contribution in [3.8, 4) is 0 Å². The van der Waals surface area contributed by atoms with E-state index in [1.54, 1.807) is 24.3 Å². The highest BCUT2D eigenvalue weighted by atomic mass is 32.2. The summed E-state index contributed by atoms with van der Waals surface area (Å²) in [6, 6.07) is 10.9. The summed E-state index contributed by atoms with van der Waals surface area (Å²) in [5.74, 6) is 0.623. The molecule has 0 aliphatic heterocycles. The normalized spacial score (nSPS) is 10.8. The average Bonchev–Trinajstić information content (AvgIpc) is 3.06. The number of fused-ring (bicyclic) bond motifs is 1. The van der Waals surface area contributed by atoms with Crippen LogP contribution in [0.1, 0.15) is 15.9 Å². The fourth-order valence-corrected chi connectivity index (χ4v) is 3.38. The molecule has 134 valence electrons. The lowest BCUT2D eigenvalue weighted by molar-refractivity contribution is -0.384. The molecule has 0 aliphatic carbocycles. The molecule has 3 aromatic rings. The number of halogens is 1. The minimum absolute atomic E-state index is 0.0633. The Labute approximate surface area is 152 Å². The lowest BCUT2D eigenvalue weighted by Crippen LogP contribution is -2.25. The van der Waals surface area contributed by atoms with E-state index in [0.717, 1.165) is 0 Å². The van der Waals surface area contributed by atoms with Crippen molar-refractivity contribution in [2.75, 3.05) is 12.3 Å². The summed E-state index contributed by atoms with van der Waals surface area (Å²) < 4.78 is 13.5. The van der Waals surface area contributed by atoms with Crippen molar-refractivity contribution in [2.45, 2.75) is 5.75 Å². The van der Waals surface area contributed by atoms with Crippen LogP contribution < -0.4 is 5.32 Å². The number of benzene rings is 2. The number of aromatic nitrogens is 1. The molecule has 0 saturated carbocycles. The molecule has 8 heteroatoms. The second-order valence-electron chi connectivity index (χ2n) is 5.59. The Bertz CT molecular complexity index is 958. The lowest BCUT2D eigenvalue weighted by Gasteiger charge is -2.05. The van der Waals surface area contributed by atoms with Crippen molar-refractivity contribution in [3.05, 3.63) is 75.7 Å². The molecule has 0 aliphatic rings. The number of rotatable bonds is 7. The van der Waals surface area contributed by atoms with Crippen LogP contribution in [0.4, 0.5) is 10.1 Å². The maximum atomic E-state index is 13.5. The first kappa shape index (κ1) is 17.9. The lowest BCUT2D eigenvalue weighted by atomic mass is 10.1. The quantitative estimate of drug-likeness (QED) is 0.374. The largest absolute Gasteiger partial charge is 0.360 e. The molecular weight excluding hydrogens is 357 g/mol. The predicted octanol–water partition coefficient (Wildman–Crippen LogP) is 3.88. The predicted molar refractivity (Wildman–Crippen MR) is 99.8 cm³/mol. The molecule has 0 fully saturated rings. The molecule has 0 radical (unpaired) electrons. The Kier molecular flexibility index (Phi) is 5.52. The number of hydrogen-bond donors (Lipinski definition) is 2. The van der Waals surface area contributed by atoms with Gasteiger partial charge in [0.15, 0.2) is 0 Å². The average molecular weight is 373 g/mol. The summed E-state index contributed by atoms with van der Waals surface area (Å²) in [7, 11) is 0. The van der Waals surface area contributed by atoms with Crippen molar-refractivity contribution in [2.24, 2.45) is 0 Å². The second kappa shape index (κ2) is 8.01. The number of hydrogen-bond acceptors (Lipinski definition) is 4. The third-order valence-corrected chi connectivity index (χ3v) is 4.88. The van der Waals surface area contributed by atoms with Crippen LogP contribution in [0.5, 0.6) is 0 Å². The van der Waals surface area contributed by atoms with Crippen molar-refractivity contribution >= 4 is 34.3 Å². The number of nitro benzene ring substituents is 1. The molecule has 0 spiro atoms. The first-order valence-electron chi connectivity index (χ1n) is 7.91. The van der Waals surface area contributed by atoms with Crippen LogP contribution in [0.15, 0.2) is 48.7 Å². The Hall–Kier alpha value is -2.87. The van der Waals surface area contributed by atoms with E-state index >= 15 is 0 Å². The number of thioether (sulfide) groups is 1. The zero-order valence-corrected chi connectivity index (χ0v) is 14.5. The summed E-state index contributed by atoms with van der Waals surface area (Å²) in [5.41, 5.74) is 1.59. The highest BCUT2D eigenvalue weighted by Gasteiger charge is 2.15. The molecule has 0 atom stereocenters. The minimum Gasteiger partial charge on any atom is -0.360 e. The van der Waals surface area contributed by atoms with Gasteiger partial charge in [0, 0.05) is 47.3 Å². The van der Waals surface area contributed by atoms with Crippen LogP contribution >= 0.6 is 11.8 Å². The number of nitrogens with one attached hydrogen (secondary N) is 2. The molecule has 0 saturated heterocycles. The third kappa shape index (κ3) is 4.02. The van der Waals surface area contributed by atoms with Gasteiger partial charge in [0.2, 0.25) is 0 Å². The smallest absolute Gasteiger partial charge is 0.270 e. The summed E-state index contributed by atoms with van der Waals surface area (Å²) in [5, 5.41) is 14.2. The zero-order chi connectivity index (χ0) is 18.5. The third-order valence-electron chi connectivity index (χ3n) is 3.87. The molecule has 3 rings (SSSR count). The van der Waals surface area contributed by atoms with E-state index in [0.29, 0.717) is 40.1 Å². The molecular formula is C18H16FN3O3S.